The van der Waals surface area contributed by atoms with E-state index in [4.69, 9.17) is 0 Å². The first-order valence-electron chi connectivity index (χ1n) is 3.44. The second-order valence-corrected chi connectivity index (χ2v) is 6.14. The molecule has 1 rings (SSSR count). The number of rotatable bonds is 4. The molecule has 0 N–H and O–H groups in total. The molecule has 78 valence electrons. The molecule has 0 fully saturated rings. The van der Waals surface area contributed by atoms with Gasteiger partial charge in [0.2, 0.25) is 0 Å². The summed E-state index contributed by atoms with van der Waals surface area (Å²) < 4.78 is 40.1. The van der Waals surface area contributed by atoms with Gasteiger partial charge in [-0.25, -0.2) is 4.39 Å². The van der Waals surface area contributed by atoms with Crippen molar-refractivity contribution in [1.82, 2.24) is 9.36 Å². The van der Waals surface area contributed by atoms with Crippen LogP contribution in [0.3, 0.4) is 0 Å². The Morgan fingerprint density at radius 1 is 1.50 bits per heavy atom. The lowest BCUT2D eigenvalue weighted by Crippen LogP contribution is -1.80. The van der Waals surface area contributed by atoms with E-state index in [1.165, 1.54) is 10.8 Å². The summed E-state index contributed by atoms with van der Waals surface area (Å²) in [6, 6.07) is 0. The summed E-state index contributed by atoms with van der Waals surface area (Å²) in [5.74, 6) is -1.08. The topological polar surface area (TPSA) is 25.8 Å². The van der Waals surface area contributed by atoms with E-state index in [-0.39, 0.29) is 12.2 Å². The van der Waals surface area contributed by atoms with E-state index in [1.807, 2.05) is 0 Å². The van der Waals surface area contributed by atoms with Crippen LogP contribution in [0.25, 0.3) is 0 Å². The van der Waals surface area contributed by atoms with E-state index >= 15 is 0 Å². The first kappa shape index (κ1) is 12.0. The fourth-order valence-electron chi connectivity index (χ4n) is 0.578. The van der Waals surface area contributed by atoms with Crippen LogP contribution in [0, 0.1) is 0 Å². The molecule has 1 aromatic heterocycles. The van der Waals surface area contributed by atoms with Gasteiger partial charge in [-0.2, -0.15) is 13.8 Å². The lowest BCUT2D eigenvalue weighted by Gasteiger charge is -1.88. The van der Waals surface area contributed by atoms with Crippen LogP contribution < -0.4 is 0 Å². The van der Waals surface area contributed by atoms with E-state index in [0.717, 1.165) is 0 Å². The van der Waals surface area contributed by atoms with Gasteiger partial charge >= 0.3 is 6.08 Å². The molecule has 0 radical (unpaired) electrons. The average molecular weight is 306 g/mol. The van der Waals surface area contributed by atoms with Gasteiger partial charge in [0.25, 0.3) is 10.2 Å². The largest absolute Gasteiger partial charge is 0.301 e. The van der Waals surface area contributed by atoms with Gasteiger partial charge in [0.15, 0.2) is 15.5 Å². The first-order valence-corrected chi connectivity index (χ1v) is 6.98. The molecule has 14 heavy (non-hydrogen) atoms. The molecule has 1 unspecified atom stereocenters. The van der Waals surface area contributed by atoms with Gasteiger partial charge in [0, 0.05) is 10.8 Å². The molecule has 1 aromatic rings. The molecule has 0 aliphatic rings. The molecule has 0 bridgehead atoms. The minimum Gasteiger partial charge on any atom is -0.206 e. The molecular weight excluding hydrogens is 301 g/mol. The summed E-state index contributed by atoms with van der Waals surface area (Å²) >= 11 is 3.07. The second kappa shape index (κ2) is 5.72. The van der Waals surface area contributed by atoms with Gasteiger partial charge in [-0.15, -0.1) is 0 Å². The minimum absolute atomic E-state index is 0.266. The lowest BCUT2D eigenvalue weighted by atomic mass is 10.4. The van der Waals surface area contributed by atoms with E-state index in [0.29, 0.717) is 4.73 Å². The molecule has 1 atom stereocenters. The molecule has 0 aliphatic heterocycles. The van der Waals surface area contributed by atoms with Crippen LogP contribution in [0.15, 0.2) is 22.2 Å². The predicted octanol–water partition coefficient (Wildman–Crippen LogP) is 3.95. The fraction of sp³-hybridized carbons (Fsp3) is 0.333. The number of halogens is 4. The maximum Gasteiger partial charge on any atom is 0.301 e. The van der Waals surface area contributed by atoms with Crippen LogP contribution in [0.2, 0.25) is 0 Å². The van der Waals surface area contributed by atoms with Crippen molar-refractivity contribution in [3.8, 4) is 0 Å². The molecule has 0 aliphatic carbocycles. The Morgan fingerprint density at radius 3 is 2.71 bits per heavy atom. The summed E-state index contributed by atoms with van der Waals surface area (Å²) in [5.41, 5.74) is 1.60. The zero-order valence-electron chi connectivity index (χ0n) is 6.71. The molecule has 0 spiro atoms. The highest BCUT2D eigenvalue weighted by Gasteiger charge is 2.13. The molecule has 0 saturated heterocycles. The summed E-state index contributed by atoms with van der Waals surface area (Å²) in [6.45, 7) is 0. The van der Waals surface area contributed by atoms with Crippen molar-refractivity contribution < 1.29 is 13.2 Å². The smallest absolute Gasteiger partial charge is 0.206 e. The van der Waals surface area contributed by atoms with Crippen molar-refractivity contribution in [3.05, 3.63) is 22.2 Å². The highest BCUT2D eigenvalue weighted by atomic mass is 79.9. The van der Waals surface area contributed by atoms with Crippen LogP contribution >= 0.6 is 36.4 Å². The lowest BCUT2D eigenvalue weighted by molar-refractivity contribution is 0.373. The van der Waals surface area contributed by atoms with Gasteiger partial charge < -0.3 is 0 Å². The van der Waals surface area contributed by atoms with Crippen LogP contribution in [-0.4, -0.2) is 15.1 Å². The van der Waals surface area contributed by atoms with E-state index in [9.17, 15) is 13.2 Å². The zero-order valence-corrected chi connectivity index (χ0v) is 9.93. The molecule has 0 saturated carbocycles. The Labute approximate surface area is 93.3 Å². The Hall–Kier alpha value is -0.0800. The van der Waals surface area contributed by atoms with Crippen LogP contribution in [0.1, 0.15) is 6.42 Å². The summed E-state index contributed by atoms with van der Waals surface area (Å²) in [4.78, 5) is 3.83. The van der Waals surface area contributed by atoms with Crippen LogP contribution in [0.4, 0.5) is 13.2 Å². The molecule has 1 heterocycles. The number of allylic oxidation sites excluding steroid dienone is 1. The van der Waals surface area contributed by atoms with Crippen molar-refractivity contribution in [1.29, 1.82) is 0 Å². The zero-order chi connectivity index (χ0) is 10.6. The van der Waals surface area contributed by atoms with Gasteiger partial charge in [-0.1, -0.05) is 0 Å². The standard InChI is InChI=1S/C6H5BrF3N2S2/c7-6-11-3-14(12-6)13-2-1-4(8)5(9)10/h3H,1-2H2/q+1. The van der Waals surface area contributed by atoms with Crippen molar-refractivity contribution in [2.75, 3.05) is 5.75 Å². The number of hydrogen-bond donors (Lipinski definition) is 0. The average Bonchev–Trinajstić information content (AvgIpc) is 2.51. The molecular formula is C6H5BrF3N2S2+. The van der Waals surface area contributed by atoms with Crippen molar-refractivity contribution in [3.63, 3.8) is 0 Å². The highest BCUT2D eigenvalue weighted by molar-refractivity contribution is 9.10. The van der Waals surface area contributed by atoms with Gasteiger partial charge in [0.05, 0.1) is 5.75 Å². The highest BCUT2D eigenvalue weighted by Crippen LogP contribution is 2.31. The van der Waals surface area contributed by atoms with Gasteiger partial charge in [-0.05, 0) is 15.9 Å². The van der Waals surface area contributed by atoms with E-state index in [1.54, 1.807) is 5.51 Å². The molecule has 0 aromatic carbocycles. The predicted molar refractivity (Wildman–Crippen MR) is 55.0 cm³/mol. The SMILES string of the molecule is FC(F)=C(F)CCS[s+]1cnc(Br)n1. The Kier molecular flexibility index (Phi) is 4.90. The van der Waals surface area contributed by atoms with E-state index < -0.39 is 21.6 Å². The quantitative estimate of drug-likeness (QED) is 0.622. The third-order valence-electron chi connectivity index (χ3n) is 1.15. The fourth-order valence-corrected chi connectivity index (χ4v) is 3.99. The number of nitrogens with zero attached hydrogens (tertiary/aromatic N) is 2. The summed E-state index contributed by atoms with van der Waals surface area (Å²) in [6.07, 6.45) is -2.50. The molecule has 0 amide bonds. The summed E-state index contributed by atoms with van der Waals surface area (Å²) in [7, 11) is 0.832. The normalized spacial score (nSPS) is 11.6. The summed E-state index contributed by atoms with van der Waals surface area (Å²) in [5, 5.41) is 0. The number of hydrogen-bond acceptors (Lipinski definition) is 3. The van der Waals surface area contributed by atoms with Crippen molar-refractivity contribution in [2.24, 2.45) is 0 Å². The van der Waals surface area contributed by atoms with E-state index in [2.05, 4.69) is 25.3 Å². The first-order chi connectivity index (χ1) is 6.59. The Balaban J connectivity index is 2.32. The number of aromatic nitrogens is 2. The van der Waals surface area contributed by atoms with Gasteiger partial charge in [0.1, 0.15) is 10.8 Å². The van der Waals surface area contributed by atoms with Crippen molar-refractivity contribution >= 4 is 36.4 Å². The maximum absolute atomic E-state index is 12.3. The monoisotopic (exact) mass is 305 g/mol. The minimum atomic E-state index is -2.24. The molecule has 2 nitrogen and oxygen atoms in total. The molecule has 8 heteroatoms. The van der Waals surface area contributed by atoms with Gasteiger partial charge in [-0.3, -0.25) is 0 Å². The Bertz CT molecular complexity index is 338. The van der Waals surface area contributed by atoms with Crippen molar-refractivity contribution in [2.45, 2.75) is 6.42 Å². The van der Waals surface area contributed by atoms with Crippen LogP contribution in [-0.2, 0) is 0 Å². The second-order valence-electron chi connectivity index (χ2n) is 2.11. The maximum atomic E-state index is 12.3. The van der Waals surface area contributed by atoms with Crippen LogP contribution in [0.5, 0.6) is 0 Å². The Morgan fingerprint density at radius 2 is 2.21 bits per heavy atom. The third-order valence-corrected chi connectivity index (χ3v) is 4.72. The third kappa shape index (κ3) is 3.97.